The van der Waals surface area contributed by atoms with Crippen molar-refractivity contribution in [3.8, 4) is 0 Å². The van der Waals surface area contributed by atoms with Crippen molar-refractivity contribution in [2.24, 2.45) is 0 Å². The van der Waals surface area contributed by atoms with Crippen molar-refractivity contribution in [2.75, 3.05) is 11.3 Å². The molecule has 1 N–H and O–H groups in total. The van der Waals surface area contributed by atoms with Crippen molar-refractivity contribution in [3.05, 3.63) is 64.5 Å². The predicted molar refractivity (Wildman–Crippen MR) is 89.8 cm³/mol. The van der Waals surface area contributed by atoms with E-state index < -0.39 is 56.7 Å². The average molecular weight is 438 g/mol. The molecule has 0 aromatic heterocycles. The first-order chi connectivity index (χ1) is 13.4. The SMILES string of the molecule is O=C1c2c(F)ccc(F)c2CCN1Cc1cc(F)ccc1NS(=O)(=O)C(F)(F)F. The number of carbonyl (C=O) groups excluding carboxylic acids is 1. The minimum Gasteiger partial charge on any atom is -0.334 e. The quantitative estimate of drug-likeness (QED) is 0.743. The molecule has 2 aromatic carbocycles. The first-order valence-electron chi connectivity index (χ1n) is 8.04. The van der Waals surface area contributed by atoms with Gasteiger partial charge in [0, 0.05) is 18.7 Å². The molecule has 0 saturated carbocycles. The van der Waals surface area contributed by atoms with Gasteiger partial charge in [-0.05, 0) is 42.3 Å². The van der Waals surface area contributed by atoms with Gasteiger partial charge in [0.15, 0.2) is 0 Å². The molecule has 3 rings (SSSR count). The number of halogens is 6. The molecule has 5 nitrogen and oxygen atoms in total. The number of nitrogens with one attached hydrogen (secondary N) is 1. The molecule has 29 heavy (non-hydrogen) atoms. The molecule has 1 aliphatic heterocycles. The molecular formula is C17H12F6N2O3S. The molecule has 0 fully saturated rings. The lowest BCUT2D eigenvalue weighted by molar-refractivity contribution is -0.0429. The van der Waals surface area contributed by atoms with E-state index in [1.165, 1.54) is 4.72 Å². The Bertz CT molecular complexity index is 1090. The number of hydrogen-bond donors (Lipinski definition) is 1. The van der Waals surface area contributed by atoms with Crippen LogP contribution in [0.4, 0.5) is 32.0 Å². The smallest absolute Gasteiger partial charge is 0.334 e. The van der Waals surface area contributed by atoms with Crippen LogP contribution in [-0.2, 0) is 23.0 Å². The fourth-order valence-corrected chi connectivity index (χ4v) is 3.53. The predicted octanol–water partition coefficient (Wildman–Crippen LogP) is 3.56. The minimum atomic E-state index is -5.79. The summed E-state index contributed by atoms with van der Waals surface area (Å²) in [6.07, 6.45) is -0.0798. The van der Waals surface area contributed by atoms with Crippen LogP contribution in [-0.4, -0.2) is 31.3 Å². The monoisotopic (exact) mass is 438 g/mol. The summed E-state index contributed by atoms with van der Waals surface area (Å²) in [5, 5.41) is 0. The van der Waals surface area contributed by atoms with Gasteiger partial charge in [-0.2, -0.15) is 21.6 Å². The Kier molecular flexibility index (Phi) is 5.24. The standard InChI is InChI=1S/C17H12F6N2O3S/c18-10-1-4-14(24-29(27,28)17(21,22)23)9(7-10)8-25-6-5-11-12(19)2-3-13(20)15(11)16(25)26/h1-4,7,24H,5-6,8H2. The van der Waals surface area contributed by atoms with Gasteiger partial charge in [-0.15, -0.1) is 0 Å². The van der Waals surface area contributed by atoms with Crippen LogP contribution in [0.2, 0.25) is 0 Å². The van der Waals surface area contributed by atoms with Crippen molar-refractivity contribution < 1.29 is 39.6 Å². The van der Waals surface area contributed by atoms with E-state index in [2.05, 4.69) is 0 Å². The van der Waals surface area contributed by atoms with Crippen molar-refractivity contribution in [2.45, 2.75) is 18.5 Å². The van der Waals surface area contributed by atoms with E-state index in [-0.39, 0.29) is 24.1 Å². The minimum absolute atomic E-state index is 0.0798. The molecule has 0 aliphatic carbocycles. The maximum atomic E-state index is 14.0. The van der Waals surface area contributed by atoms with E-state index in [9.17, 15) is 39.6 Å². The van der Waals surface area contributed by atoms with Crippen LogP contribution in [0.15, 0.2) is 30.3 Å². The molecule has 1 heterocycles. The highest BCUT2D eigenvalue weighted by Crippen LogP contribution is 2.30. The zero-order valence-electron chi connectivity index (χ0n) is 14.4. The van der Waals surface area contributed by atoms with Crippen molar-refractivity contribution >= 4 is 21.6 Å². The van der Waals surface area contributed by atoms with E-state index in [1.807, 2.05) is 0 Å². The zero-order chi connectivity index (χ0) is 21.6. The third-order valence-electron chi connectivity index (χ3n) is 4.32. The summed E-state index contributed by atoms with van der Waals surface area (Å²) >= 11 is 0. The van der Waals surface area contributed by atoms with Crippen LogP contribution < -0.4 is 4.72 Å². The Morgan fingerprint density at radius 1 is 1.03 bits per heavy atom. The summed E-state index contributed by atoms with van der Waals surface area (Å²) in [6, 6.07) is 3.89. The molecule has 0 bridgehead atoms. The van der Waals surface area contributed by atoms with Crippen molar-refractivity contribution in [3.63, 3.8) is 0 Å². The van der Waals surface area contributed by atoms with E-state index in [1.54, 1.807) is 0 Å². The number of benzene rings is 2. The molecule has 0 unspecified atom stereocenters. The number of hydrogen-bond acceptors (Lipinski definition) is 3. The molecule has 0 saturated heterocycles. The van der Waals surface area contributed by atoms with Gasteiger partial charge in [0.1, 0.15) is 17.5 Å². The molecule has 2 aromatic rings. The van der Waals surface area contributed by atoms with Gasteiger partial charge in [-0.1, -0.05) is 0 Å². The molecule has 12 heteroatoms. The van der Waals surface area contributed by atoms with Gasteiger partial charge in [-0.25, -0.2) is 13.2 Å². The molecule has 0 spiro atoms. The number of sulfonamides is 1. The number of anilines is 1. The van der Waals surface area contributed by atoms with Crippen LogP contribution in [0.3, 0.4) is 0 Å². The summed E-state index contributed by atoms with van der Waals surface area (Å²) in [6.45, 7) is -0.657. The van der Waals surface area contributed by atoms with Gasteiger partial charge >= 0.3 is 15.5 Å². The van der Waals surface area contributed by atoms with Gasteiger partial charge in [0.2, 0.25) is 0 Å². The second kappa shape index (κ2) is 7.25. The highest BCUT2D eigenvalue weighted by atomic mass is 32.2. The van der Waals surface area contributed by atoms with E-state index in [0.717, 1.165) is 35.2 Å². The Balaban J connectivity index is 1.94. The topological polar surface area (TPSA) is 66.5 Å². The fraction of sp³-hybridized carbons (Fsp3) is 0.235. The lowest BCUT2D eigenvalue weighted by Crippen LogP contribution is -2.38. The maximum Gasteiger partial charge on any atom is 0.516 e. The number of alkyl halides is 3. The van der Waals surface area contributed by atoms with E-state index in [0.29, 0.717) is 0 Å². The van der Waals surface area contributed by atoms with Crippen LogP contribution >= 0.6 is 0 Å². The van der Waals surface area contributed by atoms with Gasteiger partial charge in [0.05, 0.1) is 11.3 Å². The zero-order valence-corrected chi connectivity index (χ0v) is 15.2. The summed E-state index contributed by atoms with van der Waals surface area (Å²) in [5.41, 5.74) is -7.15. The van der Waals surface area contributed by atoms with Gasteiger partial charge in [0.25, 0.3) is 5.91 Å². The Labute approximate surface area is 161 Å². The Morgan fingerprint density at radius 3 is 2.34 bits per heavy atom. The Morgan fingerprint density at radius 2 is 1.69 bits per heavy atom. The lowest BCUT2D eigenvalue weighted by Gasteiger charge is -2.29. The third kappa shape index (κ3) is 4.02. The summed E-state index contributed by atoms with van der Waals surface area (Å²) in [7, 11) is -5.79. The maximum absolute atomic E-state index is 14.0. The number of carbonyl (C=O) groups is 1. The van der Waals surface area contributed by atoms with Crippen LogP contribution in [0, 0.1) is 17.5 Å². The summed E-state index contributed by atoms with van der Waals surface area (Å²) in [4.78, 5) is 13.5. The Hall–Kier alpha value is -2.76. The second-order valence-electron chi connectivity index (χ2n) is 6.21. The molecule has 156 valence electrons. The summed E-state index contributed by atoms with van der Waals surface area (Å²) in [5.74, 6) is -3.60. The van der Waals surface area contributed by atoms with Crippen LogP contribution in [0.25, 0.3) is 0 Å². The molecule has 1 amide bonds. The number of rotatable bonds is 4. The fourth-order valence-electron chi connectivity index (χ4n) is 2.93. The van der Waals surface area contributed by atoms with Crippen LogP contribution in [0.1, 0.15) is 21.5 Å². The largest absolute Gasteiger partial charge is 0.516 e. The average Bonchev–Trinajstić information content (AvgIpc) is 2.61. The van der Waals surface area contributed by atoms with Crippen molar-refractivity contribution in [1.29, 1.82) is 0 Å². The van der Waals surface area contributed by atoms with E-state index >= 15 is 0 Å². The molecular weight excluding hydrogens is 426 g/mol. The number of amides is 1. The highest BCUT2D eigenvalue weighted by Gasteiger charge is 2.46. The number of fused-ring (bicyclic) bond motifs is 1. The van der Waals surface area contributed by atoms with Gasteiger partial charge < -0.3 is 4.90 Å². The van der Waals surface area contributed by atoms with E-state index in [4.69, 9.17) is 0 Å². The highest BCUT2D eigenvalue weighted by molar-refractivity contribution is 7.93. The summed E-state index contributed by atoms with van der Waals surface area (Å²) < 4.78 is 103. The molecule has 0 atom stereocenters. The number of nitrogens with zero attached hydrogens (tertiary/aromatic N) is 1. The first kappa shape index (κ1) is 21.0. The van der Waals surface area contributed by atoms with Crippen LogP contribution in [0.5, 0.6) is 0 Å². The van der Waals surface area contributed by atoms with Gasteiger partial charge in [-0.3, -0.25) is 9.52 Å². The molecule has 1 aliphatic rings. The molecule has 0 radical (unpaired) electrons. The second-order valence-corrected chi connectivity index (χ2v) is 7.89. The first-order valence-corrected chi connectivity index (χ1v) is 9.52. The third-order valence-corrected chi connectivity index (χ3v) is 5.41. The lowest BCUT2D eigenvalue weighted by atomic mass is 9.97. The van der Waals surface area contributed by atoms with Crippen molar-refractivity contribution in [1.82, 2.24) is 4.90 Å². The normalized spacial score (nSPS) is 14.7.